The molecular formula is C21H18N2O4. The highest BCUT2D eigenvalue weighted by Gasteiger charge is 2.22. The van der Waals surface area contributed by atoms with Crippen LogP contribution in [0.4, 0.5) is 0 Å². The average molecular weight is 362 g/mol. The highest BCUT2D eigenvalue weighted by molar-refractivity contribution is 6.01. The molecule has 2 heterocycles. The molecule has 0 N–H and O–H groups in total. The monoisotopic (exact) mass is 362 g/mol. The van der Waals surface area contributed by atoms with Gasteiger partial charge in [0.25, 0.3) is 0 Å². The number of fused-ring (bicyclic) bond motifs is 1. The molecule has 0 bridgehead atoms. The van der Waals surface area contributed by atoms with Crippen molar-refractivity contribution in [1.82, 2.24) is 9.78 Å². The maximum Gasteiger partial charge on any atom is 0.341 e. The molecule has 4 rings (SSSR count). The van der Waals surface area contributed by atoms with Crippen LogP contribution < -0.4 is 4.74 Å². The molecule has 0 aliphatic carbocycles. The Balaban J connectivity index is 1.89. The molecular weight excluding hydrogens is 344 g/mol. The van der Waals surface area contributed by atoms with Gasteiger partial charge in [0, 0.05) is 11.5 Å². The SMILES string of the molecule is COC(=O)c1ccoc1-c1nn(Cc2ccccc2)c2cc(OC)ccc12. The maximum absolute atomic E-state index is 12.1. The Bertz CT molecular complexity index is 1100. The summed E-state index contributed by atoms with van der Waals surface area (Å²) in [5.74, 6) is 0.665. The second kappa shape index (κ2) is 6.99. The van der Waals surface area contributed by atoms with E-state index in [2.05, 4.69) is 0 Å². The van der Waals surface area contributed by atoms with E-state index in [-0.39, 0.29) is 0 Å². The van der Waals surface area contributed by atoms with Gasteiger partial charge in [-0.1, -0.05) is 30.3 Å². The number of methoxy groups -OCH3 is 2. The number of benzene rings is 2. The molecule has 0 fully saturated rings. The van der Waals surface area contributed by atoms with Gasteiger partial charge in [0.1, 0.15) is 17.0 Å². The number of ether oxygens (including phenoxy) is 2. The molecule has 27 heavy (non-hydrogen) atoms. The third kappa shape index (κ3) is 3.06. The van der Waals surface area contributed by atoms with Gasteiger partial charge in [0.2, 0.25) is 0 Å². The largest absolute Gasteiger partial charge is 0.497 e. The predicted octanol–water partition coefficient (Wildman–Crippen LogP) is 4.14. The number of rotatable bonds is 5. The molecule has 4 aromatic rings. The molecule has 0 saturated heterocycles. The molecule has 0 aliphatic rings. The summed E-state index contributed by atoms with van der Waals surface area (Å²) in [6.45, 7) is 0.582. The smallest absolute Gasteiger partial charge is 0.341 e. The van der Waals surface area contributed by atoms with Crippen molar-refractivity contribution in [3.05, 3.63) is 72.0 Å². The fourth-order valence-electron chi connectivity index (χ4n) is 3.09. The number of carbonyl (C=O) groups excluding carboxylic acids is 1. The molecule has 0 unspecified atom stereocenters. The van der Waals surface area contributed by atoms with Crippen LogP contribution in [0.15, 0.2) is 65.3 Å². The van der Waals surface area contributed by atoms with E-state index < -0.39 is 5.97 Å². The van der Waals surface area contributed by atoms with Crippen LogP contribution in [0, 0.1) is 0 Å². The van der Waals surface area contributed by atoms with Gasteiger partial charge in [-0.25, -0.2) is 4.79 Å². The van der Waals surface area contributed by atoms with Crippen molar-refractivity contribution in [2.75, 3.05) is 14.2 Å². The van der Waals surface area contributed by atoms with Crippen LogP contribution in [-0.4, -0.2) is 30.0 Å². The molecule has 6 nitrogen and oxygen atoms in total. The Morgan fingerprint density at radius 3 is 2.67 bits per heavy atom. The third-order valence-electron chi connectivity index (χ3n) is 4.42. The molecule has 0 amide bonds. The fourth-order valence-corrected chi connectivity index (χ4v) is 3.09. The van der Waals surface area contributed by atoms with Crippen molar-refractivity contribution in [2.24, 2.45) is 0 Å². The van der Waals surface area contributed by atoms with E-state index in [1.54, 1.807) is 13.2 Å². The first-order valence-corrected chi connectivity index (χ1v) is 8.46. The molecule has 2 aromatic carbocycles. The molecule has 0 spiro atoms. The molecule has 0 saturated carbocycles. The van der Waals surface area contributed by atoms with E-state index in [0.29, 0.717) is 23.6 Å². The van der Waals surface area contributed by atoms with Crippen molar-refractivity contribution in [2.45, 2.75) is 6.54 Å². The zero-order chi connectivity index (χ0) is 18.8. The Hall–Kier alpha value is -3.54. The van der Waals surface area contributed by atoms with E-state index >= 15 is 0 Å². The molecule has 2 aromatic heterocycles. The summed E-state index contributed by atoms with van der Waals surface area (Å²) < 4.78 is 17.7. The lowest BCUT2D eigenvalue weighted by Crippen LogP contribution is -2.03. The number of nitrogens with zero attached hydrogens (tertiary/aromatic N) is 2. The standard InChI is InChI=1S/C21H18N2O4/c1-25-15-8-9-16-18(12-15)23(13-14-6-4-3-5-7-14)22-19(16)20-17(10-11-27-20)21(24)26-2/h3-12H,13H2,1-2H3. The first-order valence-electron chi connectivity index (χ1n) is 8.46. The van der Waals surface area contributed by atoms with E-state index in [0.717, 1.165) is 22.2 Å². The maximum atomic E-state index is 12.1. The first kappa shape index (κ1) is 16.9. The Labute approximate surface area is 155 Å². The highest BCUT2D eigenvalue weighted by atomic mass is 16.5. The topological polar surface area (TPSA) is 66.5 Å². The predicted molar refractivity (Wildman–Crippen MR) is 101 cm³/mol. The van der Waals surface area contributed by atoms with Gasteiger partial charge in [-0.3, -0.25) is 4.68 Å². The summed E-state index contributed by atoms with van der Waals surface area (Å²) in [4.78, 5) is 12.1. The van der Waals surface area contributed by atoms with Crippen molar-refractivity contribution in [3.8, 4) is 17.2 Å². The summed E-state index contributed by atoms with van der Waals surface area (Å²) in [7, 11) is 2.97. The molecule has 136 valence electrons. The van der Waals surface area contributed by atoms with E-state index in [9.17, 15) is 4.79 Å². The van der Waals surface area contributed by atoms with Gasteiger partial charge >= 0.3 is 5.97 Å². The lowest BCUT2D eigenvalue weighted by atomic mass is 10.1. The summed E-state index contributed by atoms with van der Waals surface area (Å²) >= 11 is 0. The molecule has 6 heteroatoms. The van der Waals surface area contributed by atoms with Crippen LogP contribution in [0.1, 0.15) is 15.9 Å². The van der Waals surface area contributed by atoms with Crippen LogP contribution >= 0.6 is 0 Å². The fraction of sp³-hybridized carbons (Fsp3) is 0.143. The molecule has 0 radical (unpaired) electrons. The van der Waals surface area contributed by atoms with Crippen LogP contribution in [-0.2, 0) is 11.3 Å². The van der Waals surface area contributed by atoms with E-state index in [1.807, 2.05) is 53.2 Å². The number of furan rings is 1. The zero-order valence-corrected chi connectivity index (χ0v) is 15.0. The molecule has 0 atom stereocenters. The van der Waals surface area contributed by atoms with Crippen LogP contribution in [0.25, 0.3) is 22.4 Å². The molecule has 0 aliphatic heterocycles. The highest BCUT2D eigenvalue weighted by Crippen LogP contribution is 2.33. The van der Waals surface area contributed by atoms with Crippen LogP contribution in [0.2, 0.25) is 0 Å². The summed E-state index contributed by atoms with van der Waals surface area (Å²) in [6.07, 6.45) is 1.47. The quantitative estimate of drug-likeness (QED) is 0.499. The summed E-state index contributed by atoms with van der Waals surface area (Å²) in [5, 5.41) is 5.61. The number of aromatic nitrogens is 2. The Morgan fingerprint density at radius 2 is 1.93 bits per heavy atom. The minimum Gasteiger partial charge on any atom is -0.497 e. The second-order valence-electron chi connectivity index (χ2n) is 6.03. The van der Waals surface area contributed by atoms with Gasteiger partial charge in [-0.05, 0) is 23.8 Å². The summed E-state index contributed by atoms with van der Waals surface area (Å²) in [6, 6.07) is 17.3. The van der Waals surface area contributed by atoms with Gasteiger partial charge < -0.3 is 13.9 Å². The van der Waals surface area contributed by atoms with E-state index in [1.165, 1.54) is 13.4 Å². The van der Waals surface area contributed by atoms with Gasteiger partial charge in [-0.2, -0.15) is 5.10 Å². The van der Waals surface area contributed by atoms with Crippen molar-refractivity contribution in [1.29, 1.82) is 0 Å². The Kier molecular flexibility index (Phi) is 4.38. The van der Waals surface area contributed by atoms with Gasteiger partial charge in [0.05, 0.1) is 32.5 Å². The number of esters is 1. The van der Waals surface area contributed by atoms with Crippen molar-refractivity contribution >= 4 is 16.9 Å². The number of carbonyl (C=O) groups is 1. The number of hydrogen-bond acceptors (Lipinski definition) is 5. The Morgan fingerprint density at radius 1 is 1.11 bits per heavy atom. The minimum atomic E-state index is -0.460. The lowest BCUT2D eigenvalue weighted by Gasteiger charge is -2.05. The van der Waals surface area contributed by atoms with Crippen molar-refractivity contribution in [3.63, 3.8) is 0 Å². The number of hydrogen-bond donors (Lipinski definition) is 0. The minimum absolute atomic E-state index is 0.347. The third-order valence-corrected chi connectivity index (χ3v) is 4.42. The van der Waals surface area contributed by atoms with Crippen LogP contribution in [0.5, 0.6) is 5.75 Å². The normalized spacial score (nSPS) is 10.9. The lowest BCUT2D eigenvalue weighted by molar-refractivity contribution is 0.0601. The van der Waals surface area contributed by atoms with Gasteiger partial charge in [-0.15, -0.1) is 0 Å². The van der Waals surface area contributed by atoms with Crippen LogP contribution in [0.3, 0.4) is 0 Å². The second-order valence-corrected chi connectivity index (χ2v) is 6.03. The van der Waals surface area contributed by atoms with E-state index in [4.69, 9.17) is 19.0 Å². The summed E-state index contributed by atoms with van der Waals surface area (Å²) in [5.41, 5.74) is 2.94. The van der Waals surface area contributed by atoms with Crippen molar-refractivity contribution < 1.29 is 18.7 Å². The van der Waals surface area contributed by atoms with Gasteiger partial charge in [0.15, 0.2) is 5.76 Å². The zero-order valence-electron chi connectivity index (χ0n) is 15.0. The first-order chi connectivity index (χ1) is 13.2. The average Bonchev–Trinajstić information content (AvgIpc) is 3.33.